The van der Waals surface area contributed by atoms with E-state index in [0.717, 1.165) is 42.7 Å². The van der Waals surface area contributed by atoms with Crippen LogP contribution < -0.4 is 14.2 Å². The monoisotopic (exact) mass is 456 g/mol. The average Bonchev–Trinajstić information content (AvgIpc) is 3.29. The van der Waals surface area contributed by atoms with E-state index in [2.05, 4.69) is 23.8 Å². The molecule has 0 saturated heterocycles. The molecule has 32 heavy (non-hydrogen) atoms. The van der Waals surface area contributed by atoms with E-state index in [0.29, 0.717) is 25.3 Å². The molecule has 7 nitrogen and oxygen atoms in total. The number of carbonyl (C=O) groups is 1. The van der Waals surface area contributed by atoms with Crippen LogP contribution in [-0.2, 0) is 15.4 Å². The second-order valence-corrected chi connectivity index (χ2v) is 10.8. The number of nitrogens with zero attached hydrogens (tertiary/aromatic N) is 1. The van der Waals surface area contributed by atoms with Crippen molar-refractivity contribution in [3.05, 3.63) is 53.1 Å². The van der Waals surface area contributed by atoms with Crippen LogP contribution in [0.4, 0.5) is 0 Å². The smallest absolute Gasteiger partial charge is 0.254 e. The van der Waals surface area contributed by atoms with Crippen LogP contribution >= 0.6 is 0 Å². The minimum absolute atomic E-state index is 0.0806. The quantitative estimate of drug-likeness (QED) is 0.765. The van der Waals surface area contributed by atoms with Crippen molar-refractivity contribution in [3.8, 4) is 11.5 Å². The molecule has 1 aliphatic carbocycles. The molecule has 0 unspecified atom stereocenters. The van der Waals surface area contributed by atoms with Gasteiger partial charge < -0.3 is 14.4 Å². The maximum absolute atomic E-state index is 13.6. The summed E-state index contributed by atoms with van der Waals surface area (Å²) in [4.78, 5) is 15.7. The van der Waals surface area contributed by atoms with Crippen LogP contribution in [0.3, 0.4) is 0 Å². The SMILES string of the molecule is CNS(=O)(=O)c1ccc(C(=O)N2CC3(CCCC3)c3cc4c(cc3[C@@H]2C)OCCO4)cc1. The van der Waals surface area contributed by atoms with Crippen LogP contribution in [0.2, 0.25) is 0 Å². The molecule has 5 rings (SSSR count). The molecule has 1 spiro atoms. The molecule has 0 bridgehead atoms. The van der Waals surface area contributed by atoms with Gasteiger partial charge in [0.05, 0.1) is 10.9 Å². The highest BCUT2D eigenvalue weighted by Gasteiger charge is 2.46. The molecule has 2 aromatic carbocycles. The molecule has 2 aliphatic heterocycles. The van der Waals surface area contributed by atoms with Gasteiger partial charge in [0.2, 0.25) is 10.0 Å². The van der Waals surface area contributed by atoms with Gasteiger partial charge in [-0.1, -0.05) is 12.8 Å². The maximum Gasteiger partial charge on any atom is 0.254 e. The van der Waals surface area contributed by atoms with E-state index >= 15 is 0 Å². The van der Waals surface area contributed by atoms with Gasteiger partial charge in [0.25, 0.3) is 5.91 Å². The van der Waals surface area contributed by atoms with Crippen LogP contribution in [0.5, 0.6) is 11.5 Å². The highest BCUT2D eigenvalue weighted by atomic mass is 32.2. The Balaban J connectivity index is 1.53. The molecule has 2 heterocycles. The first-order valence-corrected chi connectivity index (χ1v) is 12.6. The summed E-state index contributed by atoms with van der Waals surface area (Å²) in [5, 5.41) is 0. The highest BCUT2D eigenvalue weighted by Crippen LogP contribution is 2.52. The summed E-state index contributed by atoms with van der Waals surface area (Å²) in [6.45, 7) is 3.78. The molecule has 0 radical (unpaired) electrons. The van der Waals surface area contributed by atoms with Crippen molar-refractivity contribution < 1.29 is 22.7 Å². The normalized spacial score (nSPS) is 21.4. The highest BCUT2D eigenvalue weighted by molar-refractivity contribution is 7.89. The van der Waals surface area contributed by atoms with Crippen molar-refractivity contribution in [1.82, 2.24) is 9.62 Å². The molecule has 8 heteroatoms. The van der Waals surface area contributed by atoms with Crippen molar-refractivity contribution >= 4 is 15.9 Å². The lowest BCUT2D eigenvalue weighted by molar-refractivity contribution is 0.0593. The fourth-order valence-electron chi connectivity index (χ4n) is 5.41. The number of carbonyl (C=O) groups excluding carboxylic acids is 1. The third kappa shape index (κ3) is 3.36. The molecule has 1 fully saturated rings. The molecule has 1 atom stereocenters. The summed E-state index contributed by atoms with van der Waals surface area (Å²) in [5.74, 6) is 1.46. The largest absolute Gasteiger partial charge is 0.486 e. The van der Waals surface area contributed by atoms with E-state index < -0.39 is 10.0 Å². The zero-order chi connectivity index (χ0) is 22.5. The Morgan fingerprint density at radius 2 is 1.69 bits per heavy atom. The summed E-state index contributed by atoms with van der Waals surface area (Å²) in [6.07, 6.45) is 4.35. The lowest BCUT2D eigenvalue weighted by atomic mass is 9.71. The predicted octanol–water partition coefficient (Wildman–Crippen LogP) is 3.39. The first kappa shape index (κ1) is 21.3. The Morgan fingerprint density at radius 1 is 1.06 bits per heavy atom. The van der Waals surface area contributed by atoms with Crippen LogP contribution in [0.15, 0.2) is 41.3 Å². The Morgan fingerprint density at radius 3 is 2.31 bits per heavy atom. The number of hydrogen-bond acceptors (Lipinski definition) is 5. The molecule has 1 amide bonds. The van der Waals surface area contributed by atoms with Crippen LogP contribution in [0.1, 0.15) is 60.1 Å². The first-order valence-electron chi connectivity index (χ1n) is 11.1. The molecule has 1 saturated carbocycles. The second kappa shape index (κ2) is 7.78. The average molecular weight is 457 g/mol. The lowest BCUT2D eigenvalue weighted by Gasteiger charge is -2.46. The van der Waals surface area contributed by atoms with E-state index in [9.17, 15) is 13.2 Å². The minimum atomic E-state index is -3.54. The summed E-state index contributed by atoms with van der Waals surface area (Å²) >= 11 is 0. The van der Waals surface area contributed by atoms with Crippen molar-refractivity contribution in [2.75, 3.05) is 26.8 Å². The van der Waals surface area contributed by atoms with Crippen molar-refractivity contribution in [3.63, 3.8) is 0 Å². The topological polar surface area (TPSA) is 84.9 Å². The fourth-order valence-corrected chi connectivity index (χ4v) is 6.14. The summed E-state index contributed by atoms with van der Waals surface area (Å²) < 4.78 is 38.1. The first-order chi connectivity index (χ1) is 15.3. The van der Waals surface area contributed by atoms with Gasteiger partial charge in [-0.05, 0) is 74.3 Å². The van der Waals surface area contributed by atoms with Crippen LogP contribution in [-0.4, -0.2) is 46.0 Å². The van der Waals surface area contributed by atoms with E-state index in [4.69, 9.17) is 9.47 Å². The summed E-state index contributed by atoms with van der Waals surface area (Å²) in [6, 6.07) is 10.2. The number of fused-ring (bicyclic) bond motifs is 3. The molecule has 2 aromatic rings. The maximum atomic E-state index is 13.6. The number of hydrogen-bond donors (Lipinski definition) is 1. The predicted molar refractivity (Wildman–Crippen MR) is 120 cm³/mol. The molecule has 170 valence electrons. The van der Waals surface area contributed by atoms with Crippen LogP contribution in [0.25, 0.3) is 0 Å². The van der Waals surface area contributed by atoms with Gasteiger partial charge in [0.1, 0.15) is 13.2 Å². The Labute approximate surface area is 188 Å². The van der Waals surface area contributed by atoms with E-state index in [-0.39, 0.29) is 22.3 Å². The zero-order valence-electron chi connectivity index (χ0n) is 18.4. The minimum Gasteiger partial charge on any atom is -0.486 e. The van der Waals surface area contributed by atoms with Gasteiger partial charge in [0, 0.05) is 17.5 Å². The number of amides is 1. The second-order valence-electron chi connectivity index (χ2n) is 8.91. The standard InChI is InChI=1S/C24H28N2O5S/c1-16-19-13-21-22(31-12-11-30-21)14-20(19)24(9-3-4-10-24)15-26(16)23(27)17-5-7-18(8-6-17)32(28,29)25-2/h5-8,13-14,16,25H,3-4,9-12,15H2,1-2H3/t16-/m0/s1. The van der Waals surface area contributed by atoms with E-state index in [1.807, 2.05) is 4.90 Å². The Hall–Kier alpha value is -2.58. The van der Waals surface area contributed by atoms with Gasteiger partial charge >= 0.3 is 0 Å². The number of ether oxygens (including phenoxy) is 2. The van der Waals surface area contributed by atoms with Gasteiger partial charge in [0.15, 0.2) is 11.5 Å². The fraction of sp³-hybridized carbons (Fsp3) is 0.458. The molecule has 3 aliphatic rings. The number of rotatable bonds is 3. The van der Waals surface area contributed by atoms with Crippen molar-refractivity contribution in [2.45, 2.75) is 49.0 Å². The Bertz CT molecular complexity index is 1150. The van der Waals surface area contributed by atoms with Gasteiger partial charge in [-0.15, -0.1) is 0 Å². The molecular formula is C24H28N2O5S. The third-order valence-electron chi connectivity index (χ3n) is 7.18. The zero-order valence-corrected chi connectivity index (χ0v) is 19.2. The van der Waals surface area contributed by atoms with Gasteiger partial charge in [-0.25, -0.2) is 13.1 Å². The number of nitrogens with one attached hydrogen (secondary N) is 1. The van der Waals surface area contributed by atoms with Gasteiger partial charge in [-0.2, -0.15) is 0 Å². The van der Waals surface area contributed by atoms with E-state index in [1.54, 1.807) is 12.1 Å². The summed E-state index contributed by atoms with van der Waals surface area (Å²) in [7, 11) is -2.17. The third-order valence-corrected chi connectivity index (χ3v) is 8.61. The summed E-state index contributed by atoms with van der Waals surface area (Å²) in [5.41, 5.74) is 2.81. The molecule has 0 aromatic heterocycles. The van der Waals surface area contributed by atoms with Crippen molar-refractivity contribution in [1.29, 1.82) is 0 Å². The van der Waals surface area contributed by atoms with Gasteiger partial charge in [-0.3, -0.25) is 4.79 Å². The number of sulfonamides is 1. The number of benzene rings is 2. The van der Waals surface area contributed by atoms with Crippen LogP contribution in [0, 0.1) is 0 Å². The lowest BCUT2D eigenvalue weighted by Crippen LogP contribution is -2.48. The van der Waals surface area contributed by atoms with Crippen molar-refractivity contribution in [2.24, 2.45) is 0 Å². The Kier molecular flexibility index (Phi) is 5.17. The molecular weight excluding hydrogens is 428 g/mol. The molecule has 1 N–H and O–H groups in total. The van der Waals surface area contributed by atoms with E-state index in [1.165, 1.54) is 24.7 Å².